The summed E-state index contributed by atoms with van der Waals surface area (Å²) in [7, 11) is 0. The van der Waals surface area contributed by atoms with E-state index in [1.807, 2.05) is 23.1 Å². The van der Waals surface area contributed by atoms with E-state index in [-0.39, 0.29) is 0 Å². The molecule has 0 aromatic carbocycles. The molecular weight excluding hydrogens is 210 g/mol. The third-order valence-electron chi connectivity index (χ3n) is 3.76. The van der Waals surface area contributed by atoms with Crippen molar-refractivity contribution in [1.29, 1.82) is 0 Å². The van der Waals surface area contributed by atoms with Gasteiger partial charge in [-0.15, -0.1) is 0 Å². The Hall–Kier alpha value is -0.830. The first kappa shape index (κ1) is 12.6. The second-order valence-electron chi connectivity index (χ2n) is 5.64. The number of hydrogen-bond acceptors (Lipinski definition) is 2. The van der Waals surface area contributed by atoms with Crippen molar-refractivity contribution in [2.24, 2.45) is 11.8 Å². The van der Waals surface area contributed by atoms with E-state index >= 15 is 0 Å². The zero-order valence-electron chi connectivity index (χ0n) is 11.3. The Kier molecular flexibility index (Phi) is 4.21. The molecule has 3 atom stereocenters. The Morgan fingerprint density at radius 3 is 2.88 bits per heavy atom. The van der Waals surface area contributed by atoms with Crippen molar-refractivity contribution in [3.05, 3.63) is 18.5 Å². The minimum absolute atomic E-state index is 0.543. The fourth-order valence-electron chi connectivity index (χ4n) is 2.48. The average molecular weight is 235 g/mol. The lowest BCUT2D eigenvalue weighted by molar-refractivity contribution is 0.333. The topological polar surface area (TPSA) is 29.9 Å². The van der Waals surface area contributed by atoms with Crippen LogP contribution in [0.4, 0.5) is 0 Å². The molecule has 3 nitrogen and oxygen atoms in total. The van der Waals surface area contributed by atoms with E-state index < -0.39 is 0 Å². The number of nitrogens with zero attached hydrogens (tertiary/aromatic N) is 2. The fourth-order valence-corrected chi connectivity index (χ4v) is 2.48. The second kappa shape index (κ2) is 5.67. The van der Waals surface area contributed by atoms with Gasteiger partial charge in [-0.2, -0.15) is 5.10 Å². The highest BCUT2D eigenvalue weighted by atomic mass is 15.3. The lowest BCUT2D eigenvalue weighted by atomic mass is 10.0. The van der Waals surface area contributed by atoms with Gasteiger partial charge < -0.3 is 5.32 Å². The summed E-state index contributed by atoms with van der Waals surface area (Å²) in [5, 5.41) is 8.10. The largest absolute Gasteiger partial charge is 0.309 e. The smallest absolute Gasteiger partial charge is 0.0565 e. The molecule has 3 unspecified atom stereocenters. The van der Waals surface area contributed by atoms with Crippen LogP contribution in [-0.2, 0) is 6.54 Å². The molecule has 0 aliphatic heterocycles. The summed E-state index contributed by atoms with van der Waals surface area (Å²) in [4.78, 5) is 0. The Bertz CT molecular complexity index is 318. The highest BCUT2D eigenvalue weighted by Gasteiger charge is 2.37. The molecular formula is C14H25N3. The molecule has 1 heterocycles. The molecule has 0 amide bonds. The molecule has 0 bridgehead atoms. The van der Waals surface area contributed by atoms with Crippen molar-refractivity contribution in [2.75, 3.05) is 0 Å². The Morgan fingerprint density at radius 2 is 2.29 bits per heavy atom. The van der Waals surface area contributed by atoms with Crippen LogP contribution in [0.15, 0.2) is 18.5 Å². The first-order valence-electron chi connectivity index (χ1n) is 6.94. The Balaban J connectivity index is 1.82. The van der Waals surface area contributed by atoms with Crippen LogP contribution in [0, 0.1) is 11.8 Å². The maximum Gasteiger partial charge on any atom is 0.0565 e. The monoisotopic (exact) mass is 235 g/mol. The summed E-state index contributed by atoms with van der Waals surface area (Å²) in [5.74, 6) is 1.58. The van der Waals surface area contributed by atoms with Crippen LogP contribution in [0.5, 0.6) is 0 Å². The molecule has 1 aromatic rings. The molecule has 1 aromatic heterocycles. The number of hydrogen-bond donors (Lipinski definition) is 1. The van der Waals surface area contributed by atoms with Crippen molar-refractivity contribution in [1.82, 2.24) is 15.1 Å². The van der Waals surface area contributed by atoms with E-state index in [4.69, 9.17) is 0 Å². The molecule has 17 heavy (non-hydrogen) atoms. The highest BCUT2D eigenvalue weighted by Crippen LogP contribution is 2.35. The van der Waals surface area contributed by atoms with E-state index in [1.165, 1.54) is 19.3 Å². The van der Waals surface area contributed by atoms with Gasteiger partial charge in [-0.25, -0.2) is 0 Å². The van der Waals surface area contributed by atoms with Gasteiger partial charge >= 0.3 is 0 Å². The fraction of sp³-hybridized carbons (Fsp3) is 0.786. The molecule has 1 aliphatic rings. The predicted octanol–water partition coefficient (Wildman–Crippen LogP) is 2.69. The van der Waals surface area contributed by atoms with Crippen molar-refractivity contribution in [3.63, 3.8) is 0 Å². The summed E-state index contributed by atoms with van der Waals surface area (Å²) < 4.78 is 2.04. The van der Waals surface area contributed by atoms with Gasteiger partial charge in [-0.05, 0) is 30.7 Å². The van der Waals surface area contributed by atoms with E-state index in [0.717, 1.165) is 18.5 Å². The van der Waals surface area contributed by atoms with E-state index in [0.29, 0.717) is 12.0 Å². The van der Waals surface area contributed by atoms with Crippen molar-refractivity contribution in [2.45, 2.75) is 58.7 Å². The summed E-state index contributed by atoms with van der Waals surface area (Å²) in [5.41, 5.74) is 0. The first-order chi connectivity index (χ1) is 8.20. The molecule has 2 rings (SSSR count). The van der Waals surface area contributed by atoms with Crippen molar-refractivity contribution in [3.8, 4) is 0 Å². The lowest BCUT2D eigenvalue weighted by Crippen LogP contribution is -2.39. The maximum atomic E-state index is 4.30. The SMILES string of the molecule is CCCC1CC1NC(Cn1cccn1)C(C)C. The molecule has 0 spiro atoms. The van der Waals surface area contributed by atoms with Gasteiger partial charge in [-0.1, -0.05) is 27.2 Å². The van der Waals surface area contributed by atoms with E-state index in [1.54, 1.807) is 0 Å². The molecule has 1 saturated carbocycles. The first-order valence-corrected chi connectivity index (χ1v) is 6.94. The molecule has 1 N–H and O–H groups in total. The van der Waals surface area contributed by atoms with Crippen LogP contribution >= 0.6 is 0 Å². The third kappa shape index (κ3) is 3.56. The van der Waals surface area contributed by atoms with Gasteiger partial charge in [0.1, 0.15) is 0 Å². The number of nitrogens with one attached hydrogen (secondary N) is 1. The molecule has 0 radical (unpaired) electrons. The van der Waals surface area contributed by atoms with Gasteiger partial charge in [0, 0.05) is 24.5 Å². The number of rotatable bonds is 7. The van der Waals surface area contributed by atoms with Crippen LogP contribution in [0.1, 0.15) is 40.0 Å². The predicted molar refractivity (Wildman–Crippen MR) is 70.8 cm³/mol. The van der Waals surface area contributed by atoms with Gasteiger partial charge in [0.05, 0.1) is 6.54 Å². The highest BCUT2D eigenvalue weighted by molar-refractivity contribution is 4.95. The Labute approximate surface area is 105 Å². The van der Waals surface area contributed by atoms with Gasteiger partial charge in [-0.3, -0.25) is 4.68 Å². The molecule has 0 saturated heterocycles. The van der Waals surface area contributed by atoms with E-state index in [9.17, 15) is 0 Å². The van der Waals surface area contributed by atoms with Gasteiger partial charge in [0.2, 0.25) is 0 Å². The standard InChI is InChI=1S/C14H25N3/c1-4-6-12-9-13(12)16-14(11(2)3)10-17-8-5-7-15-17/h5,7-8,11-14,16H,4,6,9-10H2,1-3H3. The molecule has 96 valence electrons. The number of aromatic nitrogens is 2. The summed E-state index contributed by atoms with van der Waals surface area (Å²) >= 11 is 0. The van der Waals surface area contributed by atoms with Crippen LogP contribution < -0.4 is 5.32 Å². The quantitative estimate of drug-likeness (QED) is 0.787. The van der Waals surface area contributed by atoms with Crippen molar-refractivity contribution < 1.29 is 0 Å². The second-order valence-corrected chi connectivity index (χ2v) is 5.64. The summed E-state index contributed by atoms with van der Waals surface area (Å²) in [6.45, 7) is 7.84. The van der Waals surface area contributed by atoms with Gasteiger partial charge in [0.25, 0.3) is 0 Å². The van der Waals surface area contributed by atoms with Crippen LogP contribution in [0.25, 0.3) is 0 Å². The van der Waals surface area contributed by atoms with Gasteiger partial charge in [0.15, 0.2) is 0 Å². The minimum Gasteiger partial charge on any atom is -0.309 e. The van der Waals surface area contributed by atoms with E-state index in [2.05, 4.69) is 31.2 Å². The van der Waals surface area contributed by atoms with Crippen LogP contribution in [-0.4, -0.2) is 21.9 Å². The molecule has 3 heteroatoms. The molecule has 1 fully saturated rings. The van der Waals surface area contributed by atoms with Crippen LogP contribution in [0.2, 0.25) is 0 Å². The normalized spacial score (nSPS) is 25.2. The lowest BCUT2D eigenvalue weighted by Gasteiger charge is -2.22. The maximum absolute atomic E-state index is 4.30. The summed E-state index contributed by atoms with van der Waals surface area (Å²) in [6, 6.07) is 3.30. The summed E-state index contributed by atoms with van der Waals surface area (Å²) in [6.07, 6.45) is 7.97. The zero-order chi connectivity index (χ0) is 12.3. The Morgan fingerprint density at radius 1 is 1.47 bits per heavy atom. The average Bonchev–Trinajstić information content (AvgIpc) is 2.81. The third-order valence-corrected chi connectivity index (χ3v) is 3.76. The minimum atomic E-state index is 0.543. The zero-order valence-corrected chi connectivity index (χ0v) is 11.3. The van der Waals surface area contributed by atoms with Crippen molar-refractivity contribution >= 4 is 0 Å². The molecule has 1 aliphatic carbocycles. The van der Waals surface area contributed by atoms with Crippen LogP contribution in [0.3, 0.4) is 0 Å².